The van der Waals surface area contributed by atoms with E-state index in [0.717, 1.165) is 0 Å². The van der Waals surface area contributed by atoms with E-state index in [1.807, 2.05) is 0 Å². The minimum Gasteiger partial charge on any atom is -0.368 e. The molecule has 5 heteroatoms. The van der Waals surface area contributed by atoms with Gasteiger partial charge in [-0.3, -0.25) is 4.79 Å². The quantitative estimate of drug-likeness (QED) is 0.690. The Balaban J connectivity index is 2.20. The Morgan fingerprint density at radius 1 is 1.64 bits per heavy atom. The van der Waals surface area contributed by atoms with E-state index in [1.54, 1.807) is 17.0 Å². The zero-order valence-corrected chi connectivity index (χ0v) is 7.48. The minimum atomic E-state index is -0.544. The summed E-state index contributed by atoms with van der Waals surface area (Å²) >= 11 is 0. The summed E-state index contributed by atoms with van der Waals surface area (Å²) in [6, 6.07) is 4.17. The highest BCUT2D eigenvalue weighted by Crippen LogP contribution is 2.24. The fourth-order valence-corrected chi connectivity index (χ4v) is 1.51. The van der Waals surface area contributed by atoms with Crippen LogP contribution in [0.15, 0.2) is 18.2 Å². The SMILES string of the molecule is NC(=O)C1CCN1c1cccc(F)n1. The molecule has 4 nitrogen and oxygen atoms in total. The van der Waals surface area contributed by atoms with E-state index >= 15 is 0 Å². The number of carbonyl (C=O) groups excluding carboxylic acids is 1. The first-order valence-corrected chi connectivity index (χ1v) is 4.37. The molecule has 1 atom stereocenters. The number of aromatic nitrogens is 1. The van der Waals surface area contributed by atoms with Gasteiger partial charge in [-0.05, 0) is 18.6 Å². The molecule has 1 amide bonds. The maximum atomic E-state index is 12.8. The smallest absolute Gasteiger partial charge is 0.240 e. The number of rotatable bonds is 2. The number of carbonyl (C=O) groups is 1. The maximum Gasteiger partial charge on any atom is 0.240 e. The van der Waals surface area contributed by atoms with Gasteiger partial charge >= 0.3 is 0 Å². The Labute approximate surface area is 80.5 Å². The average molecular weight is 195 g/mol. The molecule has 14 heavy (non-hydrogen) atoms. The third-order valence-electron chi connectivity index (χ3n) is 2.34. The molecule has 2 heterocycles. The van der Waals surface area contributed by atoms with Gasteiger partial charge in [0.25, 0.3) is 0 Å². The summed E-state index contributed by atoms with van der Waals surface area (Å²) in [6.07, 6.45) is 0.716. The Morgan fingerprint density at radius 3 is 2.93 bits per heavy atom. The second-order valence-electron chi connectivity index (χ2n) is 3.22. The lowest BCUT2D eigenvalue weighted by Crippen LogP contribution is -2.55. The molecule has 0 saturated carbocycles. The van der Waals surface area contributed by atoms with Crippen molar-refractivity contribution in [3.8, 4) is 0 Å². The van der Waals surface area contributed by atoms with E-state index in [-0.39, 0.29) is 11.9 Å². The number of pyridine rings is 1. The maximum absolute atomic E-state index is 12.8. The summed E-state index contributed by atoms with van der Waals surface area (Å²) in [5.74, 6) is -0.458. The first-order valence-electron chi connectivity index (χ1n) is 4.37. The van der Waals surface area contributed by atoms with Crippen molar-refractivity contribution in [3.63, 3.8) is 0 Å². The first-order chi connectivity index (χ1) is 6.68. The number of nitrogens with zero attached hydrogens (tertiary/aromatic N) is 2. The molecule has 0 bridgehead atoms. The van der Waals surface area contributed by atoms with Crippen LogP contribution in [-0.4, -0.2) is 23.5 Å². The number of primary amides is 1. The van der Waals surface area contributed by atoms with E-state index in [2.05, 4.69) is 4.98 Å². The van der Waals surface area contributed by atoms with E-state index < -0.39 is 5.95 Å². The van der Waals surface area contributed by atoms with Crippen molar-refractivity contribution < 1.29 is 9.18 Å². The summed E-state index contributed by atoms with van der Waals surface area (Å²) in [5, 5.41) is 0. The lowest BCUT2D eigenvalue weighted by atomic mass is 10.0. The summed E-state index contributed by atoms with van der Waals surface area (Å²) in [7, 11) is 0. The van der Waals surface area contributed by atoms with Crippen molar-refractivity contribution in [2.45, 2.75) is 12.5 Å². The highest BCUT2D eigenvalue weighted by Gasteiger charge is 2.33. The van der Waals surface area contributed by atoms with Gasteiger partial charge in [0.15, 0.2) is 0 Å². The van der Waals surface area contributed by atoms with Gasteiger partial charge in [-0.2, -0.15) is 4.39 Å². The van der Waals surface area contributed by atoms with E-state index in [0.29, 0.717) is 18.8 Å². The van der Waals surface area contributed by atoms with Gasteiger partial charge < -0.3 is 10.6 Å². The molecule has 1 saturated heterocycles. The predicted molar refractivity (Wildman–Crippen MR) is 49.1 cm³/mol. The fraction of sp³-hybridized carbons (Fsp3) is 0.333. The normalized spacial score (nSPS) is 20.4. The molecule has 2 rings (SSSR count). The topological polar surface area (TPSA) is 59.2 Å². The second kappa shape index (κ2) is 3.25. The number of hydrogen-bond donors (Lipinski definition) is 1. The van der Waals surface area contributed by atoms with Crippen LogP contribution in [0, 0.1) is 5.95 Å². The van der Waals surface area contributed by atoms with Crippen LogP contribution in [0.5, 0.6) is 0 Å². The van der Waals surface area contributed by atoms with Gasteiger partial charge in [0.2, 0.25) is 11.9 Å². The molecule has 2 N–H and O–H groups in total. The zero-order chi connectivity index (χ0) is 10.1. The zero-order valence-electron chi connectivity index (χ0n) is 7.48. The third-order valence-corrected chi connectivity index (χ3v) is 2.34. The van der Waals surface area contributed by atoms with E-state index in [1.165, 1.54) is 6.07 Å². The predicted octanol–water partition coefficient (Wildman–Crippen LogP) is 0.285. The highest BCUT2D eigenvalue weighted by atomic mass is 19.1. The average Bonchev–Trinajstić information content (AvgIpc) is 2.00. The lowest BCUT2D eigenvalue weighted by molar-refractivity contribution is -0.120. The van der Waals surface area contributed by atoms with Crippen molar-refractivity contribution in [1.82, 2.24) is 4.98 Å². The highest BCUT2D eigenvalue weighted by molar-refractivity contribution is 5.85. The molecule has 0 spiro atoms. The Hall–Kier alpha value is -1.65. The van der Waals surface area contributed by atoms with Crippen LogP contribution in [0.3, 0.4) is 0 Å². The molecule has 1 aliphatic heterocycles. The van der Waals surface area contributed by atoms with Gasteiger partial charge in [-0.25, -0.2) is 4.98 Å². The van der Waals surface area contributed by atoms with Crippen LogP contribution in [0.1, 0.15) is 6.42 Å². The summed E-state index contributed by atoms with van der Waals surface area (Å²) < 4.78 is 12.8. The van der Waals surface area contributed by atoms with Crippen LogP contribution in [0.2, 0.25) is 0 Å². The van der Waals surface area contributed by atoms with Crippen LogP contribution < -0.4 is 10.6 Å². The Morgan fingerprint density at radius 2 is 2.43 bits per heavy atom. The molecule has 1 aromatic heterocycles. The van der Waals surface area contributed by atoms with Crippen molar-refractivity contribution in [1.29, 1.82) is 0 Å². The number of amides is 1. The molecule has 1 aromatic rings. The molecule has 0 aliphatic carbocycles. The van der Waals surface area contributed by atoms with Gasteiger partial charge in [-0.15, -0.1) is 0 Å². The molecule has 0 radical (unpaired) electrons. The van der Waals surface area contributed by atoms with Gasteiger partial charge in [-0.1, -0.05) is 6.07 Å². The molecular formula is C9H10FN3O. The minimum absolute atomic E-state index is 0.329. The summed E-state index contributed by atoms with van der Waals surface area (Å²) in [4.78, 5) is 16.3. The van der Waals surface area contributed by atoms with Gasteiger partial charge in [0, 0.05) is 6.54 Å². The van der Waals surface area contributed by atoms with Crippen LogP contribution >= 0.6 is 0 Å². The Kier molecular flexibility index (Phi) is 2.07. The van der Waals surface area contributed by atoms with Gasteiger partial charge in [0.05, 0.1) is 0 Å². The third kappa shape index (κ3) is 1.41. The van der Waals surface area contributed by atoms with Crippen molar-refractivity contribution >= 4 is 11.7 Å². The second-order valence-corrected chi connectivity index (χ2v) is 3.22. The Bertz CT molecular complexity index is 369. The standard InChI is InChI=1S/C9H10FN3O/c10-7-2-1-3-8(12-7)13-5-4-6(13)9(11)14/h1-3,6H,4-5H2,(H2,11,14). The first kappa shape index (κ1) is 8.93. The number of hydrogen-bond acceptors (Lipinski definition) is 3. The number of nitrogens with two attached hydrogens (primary N) is 1. The van der Waals surface area contributed by atoms with E-state index in [4.69, 9.17) is 5.73 Å². The number of halogens is 1. The van der Waals surface area contributed by atoms with Crippen LogP contribution in [-0.2, 0) is 4.79 Å². The van der Waals surface area contributed by atoms with Crippen molar-refractivity contribution in [3.05, 3.63) is 24.1 Å². The fourth-order valence-electron chi connectivity index (χ4n) is 1.51. The molecule has 1 unspecified atom stereocenters. The van der Waals surface area contributed by atoms with Gasteiger partial charge in [0.1, 0.15) is 11.9 Å². The largest absolute Gasteiger partial charge is 0.368 e. The van der Waals surface area contributed by atoms with Crippen molar-refractivity contribution in [2.75, 3.05) is 11.4 Å². The summed E-state index contributed by atoms with van der Waals surface area (Å²) in [6.45, 7) is 0.698. The van der Waals surface area contributed by atoms with E-state index in [9.17, 15) is 9.18 Å². The summed E-state index contributed by atoms with van der Waals surface area (Å²) in [5.41, 5.74) is 5.16. The molecule has 1 fully saturated rings. The van der Waals surface area contributed by atoms with Crippen LogP contribution in [0.4, 0.5) is 10.2 Å². The molecule has 1 aliphatic rings. The molecular weight excluding hydrogens is 185 g/mol. The van der Waals surface area contributed by atoms with Crippen molar-refractivity contribution in [2.24, 2.45) is 5.73 Å². The molecule has 0 aromatic carbocycles. The molecule has 74 valence electrons. The van der Waals surface area contributed by atoms with Crippen LogP contribution in [0.25, 0.3) is 0 Å². The number of anilines is 1. The monoisotopic (exact) mass is 195 g/mol. The lowest BCUT2D eigenvalue weighted by Gasteiger charge is -2.39.